The number of carboxylic acids is 2. The Morgan fingerprint density at radius 3 is 1.12 bits per heavy atom. The summed E-state index contributed by atoms with van der Waals surface area (Å²) in [7, 11) is 0. The van der Waals surface area contributed by atoms with Crippen LogP contribution in [0, 0.1) is 0 Å². The van der Waals surface area contributed by atoms with Crippen molar-refractivity contribution in [1.29, 1.82) is 0 Å². The van der Waals surface area contributed by atoms with Gasteiger partial charge in [0.05, 0.1) is 25.0 Å². The molecular formula is C9H18O7. The van der Waals surface area contributed by atoms with Gasteiger partial charge in [0.15, 0.2) is 0 Å². The number of carbonyl (C=O) groups is 3. The average Bonchev–Trinajstić information content (AvgIpc) is 2.03. The van der Waals surface area contributed by atoms with E-state index in [1.165, 1.54) is 13.8 Å². The number of aliphatic hydroxyl groups is 2. The maximum absolute atomic E-state index is 9.65. The second-order valence-corrected chi connectivity index (χ2v) is 2.89. The molecule has 0 spiro atoms. The normalized spacial score (nSPS) is 12.0. The lowest BCUT2D eigenvalue weighted by Gasteiger charge is -1.94. The number of rotatable bonds is 4. The third-order valence-electron chi connectivity index (χ3n) is 0.940. The van der Waals surface area contributed by atoms with E-state index in [2.05, 4.69) is 0 Å². The summed E-state index contributed by atoms with van der Waals surface area (Å²) in [6.07, 6.45) is -1.78. The average molecular weight is 238 g/mol. The molecule has 0 heterocycles. The molecule has 0 aromatic carbocycles. The molecule has 0 amide bonds. The van der Waals surface area contributed by atoms with Gasteiger partial charge in [-0.3, -0.25) is 9.59 Å². The summed E-state index contributed by atoms with van der Waals surface area (Å²) in [5.41, 5.74) is 0. The zero-order valence-electron chi connectivity index (χ0n) is 9.29. The van der Waals surface area contributed by atoms with Crippen LogP contribution in [0.1, 0.15) is 26.7 Å². The van der Waals surface area contributed by atoms with Crippen LogP contribution in [0.2, 0.25) is 0 Å². The molecule has 7 nitrogen and oxygen atoms in total. The maximum atomic E-state index is 9.65. The third kappa shape index (κ3) is 39.1. The highest BCUT2D eigenvalue weighted by molar-refractivity contribution is 5.67. The number of aliphatic hydroxyl groups excluding tert-OH is 2. The van der Waals surface area contributed by atoms with E-state index < -0.39 is 24.1 Å². The van der Waals surface area contributed by atoms with Gasteiger partial charge in [-0.1, -0.05) is 0 Å². The van der Waals surface area contributed by atoms with Crippen LogP contribution in [0.25, 0.3) is 0 Å². The topological polar surface area (TPSA) is 132 Å². The number of aliphatic carboxylic acids is 2. The summed E-state index contributed by atoms with van der Waals surface area (Å²) < 4.78 is 0. The van der Waals surface area contributed by atoms with Crippen molar-refractivity contribution in [3.05, 3.63) is 0 Å². The van der Waals surface area contributed by atoms with Gasteiger partial charge in [-0.15, -0.1) is 0 Å². The van der Waals surface area contributed by atoms with Crippen molar-refractivity contribution in [1.82, 2.24) is 0 Å². The van der Waals surface area contributed by atoms with E-state index in [-0.39, 0.29) is 12.8 Å². The van der Waals surface area contributed by atoms with Gasteiger partial charge in [0, 0.05) is 0 Å². The van der Waals surface area contributed by atoms with Crippen molar-refractivity contribution in [2.24, 2.45) is 0 Å². The second kappa shape index (κ2) is 13.5. The van der Waals surface area contributed by atoms with Gasteiger partial charge in [0.1, 0.15) is 6.79 Å². The van der Waals surface area contributed by atoms with E-state index in [9.17, 15) is 9.59 Å². The Kier molecular flexibility index (Phi) is 16.9. The zero-order chi connectivity index (χ0) is 13.7. The van der Waals surface area contributed by atoms with E-state index in [1.54, 1.807) is 0 Å². The minimum Gasteiger partial charge on any atom is -0.481 e. The first-order valence-electron chi connectivity index (χ1n) is 4.34. The van der Waals surface area contributed by atoms with Crippen molar-refractivity contribution in [3.8, 4) is 0 Å². The van der Waals surface area contributed by atoms with E-state index in [0.29, 0.717) is 0 Å². The molecule has 0 bridgehead atoms. The molecule has 0 aromatic rings. The predicted octanol–water partition coefficient (Wildman–Crippen LogP) is -0.501. The van der Waals surface area contributed by atoms with E-state index in [4.69, 9.17) is 25.2 Å². The Labute approximate surface area is 93.3 Å². The highest BCUT2D eigenvalue weighted by atomic mass is 16.4. The number of hydrogen-bond donors (Lipinski definition) is 4. The van der Waals surface area contributed by atoms with Crippen LogP contribution in [0.15, 0.2) is 0 Å². The van der Waals surface area contributed by atoms with Crippen molar-refractivity contribution >= 4 is 18.7 Å². The molecule has 0 aliphatic heterocycles. The molecule has 2 atom stereocenters. The first-order chi connectivity index (χ1) is 7.25. The zero-order valence-corrected chi connectivity index (χ0v) is 9.29. The van der Waals surface area contributed by atoms with Gasteiger partial charge in [0.25, 0.3) is 0 Å². The van der Waals surface area contributed by atoms with Crippen LogP contribution in [0.3, 0.4) is 0 Å². The highest BCUT2D eigenvalue weighted by Gasteiger charge is 2.00. The van der Waals surface area contributed by atoms with Gasteiger partial charge in [-0.25, -0.2) is 0 Å². The van der Waals surface area contributed by atoms with Crippen molar-refractivity contribution in [3.63, 3.8) is 0 Å². The van der Waals surface area contributed by atoms with Crippen LogP contribution in [-0.2, 0) is 14.4 Å². The van der Waals surface area contributed by atoms with Crippen molar-refractivity contribution < 1.29 is 34.8 Å². The SMILES string of the molecule is C=O.C[C@@H](O)CC(=O)O.C[C@@H](O)CC(=O)O. The van der Waals surface area contributed by atoms with Crippen LogP contribution in [0.5, 0.6) is 0 Å². The van der Waals surface area contributed by atoms with Crippen molar-refractivity contribution in [2.75, 3.05) is 0 Å². The van der Waals surface area contributed by atoms with Crippen LogP contribution in [0.4, 0.5) is 0 Å². The summed E-state index contributed by atoms with van der Waals surface area (Å²) in [4.78, 5) is 27.3. The first-order valence-corrected chi connectivity index (χ1v) is 4.34. The molecular weight excluding hydrogens is 220 g/mol. The highest BCUT2D eigenvalue weighted by Crippen LogP contribution is 1.86. The molecule has 7 heteroatoms. The molecule has 96 valence electrons. The summed E-state index contributed by atoms with van der Waals surface area (Å²) in [6.45, 7) is 4.88. The largest absolute Gasteiger partial charge is 0.481 e. The molecule has 0 radical (unpaired) electrons. The number of carboxylic acid groups (broad SMARTS) is 2. The second-order valence-electron chi connectivity index (χ2n) is 2.89. The molecule has 0 fully saturated rings. The van der Waals surface area contributed by atoms with Gasteiger partial charge < -0.3 is 25.2 Å². The standard InChI is InChI=1S/2C4H8O3.CH2O/c2*1-3(5)2-4(6)7;1-2/h2*3,5H,2H2,1H3,(H,6,7);1H2/t2*3-;/m11./s1. The van der Waals surface area contributed by atoms with E-state index in [1.807, 2.05) is 6.79 Å². The Morgan fingerprint density at radius 1 is 0.938 bits per heavy atom. The molecule has 0 aromatic heterocycles. The maximum Gasteiger partial charge on any atom is 0.305 e. The summed E-state index contributed by atoms with van der Waals surface area (Å²) in [5, 5.41) is 32.5. The van der Waals surface area contributed by atoms with Gasteiger partial charge in [0.2, 0.25) is 0 Å². The Bertz CT molecular complexity index is 168. The Balaban J connectivity index is -0.000000183. The summed E-state index contributed by atoms with van der Waals surface area (Å²) in [6, 6.07) is 0. The fourth-order valence-corrected chi connectivity index (χ4v) is 0.505. The van der Waals surface area contributed by atoms with Crippen LogP contribution < -0.4 is 0 Å². The fraction of sp³-hybridized carbons (Fsp3) is 0.667. The van der Waals surface area contributed by atoms with Crippen LogP contribution in [-0.4, -0.2) is 51.4 Å². The molecule has 0 unspecified atom stereocenters. The Hall–Kier alpha value is -1.47. The Morgan fingerprint density at radius 2 is 1.12 bits per heavy atom. The lowest BCUT2D eigenvalue weighted by Crippen LogP contribution is -2.07. The minimum absolute atomic E-state index is 0.167. The summed E-state index contributed by atoms with van der Waals surface area (Å²) in [5.74, 6) is -1.93. The molecule has 0 aliphatic rings. The van der Waals surface area contributed by atoms with Crippen LogP contribution >= 0.6 is 0 Å². The van der Waals surface area contributed by atoms with Gasteiger partial charge >= 0.3 is 11.9 Å². The predicted molar refractivity (Wildman–Crippen MR) is 55.0 cm³/mol. The quantitative estimate of drug-likeness (QED) is 0.519. The smallest absolute Gasteiger partial charge is 0.305 e. The molecule has 0 saturated heterocycles. The molecule has 4 N–H and O–H groups in total. The molecule has 0 saturated carbocycles. The molecule has 0 aliphatic carbocycles. The van der Waals surface area contributed by atoms with Gasteiger partial charge in [-0.05, 0) is 13.8 Å². The lowest BCUT2D eigenvalue weighted by molar-refractivity contribution is -0.140. The lowest BCUT2D eigenvalue weighted by atomic mass is 10.3. The summed E-state index contributed by atoms with van der Waals surface area (Å²) >= 11 is 0. The molecule has 0 rings (SSSR count). The monoisotopic (exact) mass is 238 g/mol. The van der Waals surface area contributed by atoms with E-state index in [0.717, 1.165) is 0 Å². The molecule has 16 heavy (non-hydrogen) atoms. The van der Waals surface area contributed by atoms with Crippen molar-refractivity contribution in [2.45, 2.75) is 38.9 Å². The van der Waals surface area contributed by atoms with E-state index >= 15 is 0 Å². The number of carbonyl (C=O) groups excluding carboxylic acids is 1. The third-order valence-corrected chi connectivity index (χ3v) is 0.940. The minimum atomic E-state index is -0.963. The fourth-order valence-electron chi connectivity index (χ4n) is 0.505. The van der Waals surface area contributed by atoms with Gasteiger partial charge in [-0.2, -0.15) is 0 Å². The number of hydrogen-bond acceptors (Lipinski definition) is 5. The first kappa shape index (κ1) is 20.0.